The van der Waals surface area contributed by atoms with E-state index in [1.165, 1.54) is 6.07 Å². The summed E-state index contributed by atoms with van der Waals surface area (Å²) in [5.74, 6) is -1.08. The fourth-order valence-corrected chi connectivity index (χ4v) is 4.11. The molecule has 152 valence electrons. The molecule has 29 heavy (non-hydrogen) atoms. The number of nitrogens with one attached hydrogen (secondary N) is 1. The Labute approximate surface area is 166 Å². The second kappa shape index (κ2) is 7.02. The van der Waals surface area contributed by atoms with E-state index in [-0.39, 0.29) is 12.5 Å². The van der Waals surface area contributed by atoms with Crippen LogP contribution in [-0.4, -0.2) is 34.9 Å². The van der Waals surface area contributed by atoms with Crippen LogP contribution in [0.5, 0.6) is 0 Å². The molecule has 1 aromatic carbocycles. The number of rotatable bonds is 4. The lowest BCUT2D eigenvalue weighted by atomic mass is 9.98. The smallest absolute Gasteiger partial charge is 0.336 e. The molecule has 1 aliphatic carbocycles. The molecule has 2 heterocycles. The van der Waals surface area contributed by atoms with Crippen LogP contribution in [0.4, 0.5) is 4.79 Å². The van der Waals surface area contributed by atoms with Crippen molar-refractivity contribution in [2.45, 2.75) is 51.7 Å². The third-order valence-corrected chi connectivity index (χ3v) is 5.90. The second-order valence-electron chi connectivity index (χ2n) is 7.75. The Balaban J connectivity index is 1.48. The molecular weight excluding hydrogens is 376 g/mol. The summed E-state index contributed by atoms with van der Waals surface area (Å²) in [6, 6.07) is 4.43. The first-order chi connectivity index (χ1) is 13.8. The number of amides is 3. The molecule has 0 unspecified atom stereocenters. The van der Waals surface area contributed by atoms with Gasteiger partial charge in [-0.15, -0.1) is 0 Å². The molecule has 0 atom stereocenters. The molecule has 8 heteroatoms. The van der Waals surface area contributed by atoms with Crippen LogP contribution < -0.4 is 10.9 Å². The fraction of sp³-hybridized carbons (Fsp3) is 0.429. The van der Waals surface area contributed by atoms with E-state index >= 15 is 0 Å². The van der Waals surface area contributed by atoms with Crippen molar-refractivity contribution in [2.24, 2.45) is 0 Å². The van der Waals surface area contributed by atoms with Crippen LogP contribution in [0.15, 0.2) is 27.4 Å². The maximum atomic E-state index is 12.6. The predicted molar refractivity (Wildman–Crippen MR) is 103 cm³/mol. The lowest BCUT2D eigenvalue weighted by molar-refractivity contribution is -0.148. The van der Waals surface area contributed by atoms with Crippen LogP contribution in [0, 0.1) is 13.8 Å². The number of fused-ring (bicyclic) bond motifs is 1. The number of esters is 1. The van der Waals surface area contributed by atoms with Crippen molar-refractivity contribution in [3.8, 4) is 0 Å². The first-order valence-corrected chi connectivity index (χ1v) is 9.63. The third-order valence-electron chi connectivity index (χ3n) is 5.90. The largest absolute Gasteiger partial charge is 0.459 e. The van der Waals surface area contributed by atoms with Gasteiger partial charge in [0.25, 0.3) is 5.91 Å². The van der Waals surface area contributed by atoms with Crippen molar-refractivity contribution in [2.75, 3.05) is 6.54 Å². The molecule has 0 bridgehead atoms. The van der Waals surface area contributed by atoms with Crippen molar-refractivity contribution >= 4 is 28.9 Å². The van der Waals surface area contributed by atoms with E-state index < -0.39 is 29.7 Å². The number of nitrogens with zero attached hydrogens (tertiary/aromatic N) is 1. The summed E-state index contributed by atoms with van der Waals surface area (Å²) in [5.41, 5.74) is 1.40. The molecule has 2 aliphatic rings. The van der Waals surface area contributed by atoms with Gasteiger partial charge < -0.3 is 14.5 Å². The third kappa shape index (κ3) is 3.28. The van der Waals surface area contributed by atoms with Gasteiger partial charge in [0, 0.05) is 17.0 Å². The minimum Gasteiger partial charge on any atom is -0.459 e. The summed E-state index contributed by atoms with van der Waals surface area (Å²) in [6.45, 7) is 3.16. The number of carbonyl (C=O) groups excluding carboxylic acids is 3. The van der Waals surface area contributed by atoms with Crippen molar-refractivity contribution in [1.29, 1.82) is 0 Å². The Hall–Kier alpha value is -3.16. The normalized spacial score (nSPS) is 17.9. The number of hydrogen-bond donors (Lipinski definition) is 1. The van der Waals surface area contributed by atoms with Gasteiger partial charge in [-0.1, -0.05) is 25.0 Å². The maximum absolute atomic E-state index is 12.6. The number of hydrogen-bond acceptors (Lipinski definition) is 6. The molecule has 1 saturated heterocycles. The number of urea groups is 1. The Kier molecular flexibility index (Phi) is 4.64. The van der Waals surface area contributed by atoms with Crippen LogP contribution in [0.1, 0.15) is 42.4 Å². The van der Waals surface area contributed by atoms with Gasteiger partial charge in [-0.3, -0.25) is 14.5 Å². The van der Waals surface area contributed by atoms with E-state index in [2.05, 4.69) is 5.32 Å². The van der Waals surface area contributed by atoms with E-state index in [4.69, 9.17) is 9.15 Å². The first kappa shape index (κ1) is 19.2. The summed E-state index contributed by atoms with van der Waals surface area (Å²) in [6.07, 6.45) is 2.92. The molecule has 1 saturated carbocycles. The van der Waals surface area contributed by atoms with Gasteiger partial charge in [-0.2, -0.15) is 0 Å². The summed E-state index contributed by atoms with van der Waals surface area (Å²) in [7, 11) is 0. The van der Waals surface area contributed by atoms with Gasteiger partial charge >= 0.3 is 17.6 Å². The highest BCUT2D eigenvalue weighted by atomic mass is 16.5. The Morgan fingerprint density at radius 3 is 2.66 bits per heavy atom. The molecule has 4 rings (SSSR count). The van der Waals surface area contributed by atoms with E-state index in [1.54, 1.807) is 0 Å². The van der Waals surface area contributed by atoms with Gasteiger partial charge in [0.05, 0.1) is 0 Å². The Morgan fingerprint density at radius 1 is 1.21 bits per heavy atom. The van der Waals surface area contributed by atoms with Crippen LogP contribution in [0.3, 0.4) is 0 Å². The molecular formula is C21H22N2O6. The standard InChI is InChI=1S/C21H22N2O6/c1-12-5-6-15-14(9-16(24)29-18(15)13(12)2)11-28-17(25)10-23-19(26)21(22-20(23)27)7-3-4-8-21/h5-6,9H,3-4,7-8,10-11H2,1-2H3,(H,22,27). The van der Waals surface area contributed by atoms with Gasteiger partial charge in [-0.05, 0) is 37.8 Å². The molecule has 2 aromatic rings. The number of aryl methyl sites for hydroxylation is 2. The SMILES string of the molecule is Cc1ccc2c(COC(=O)CN3C(=O)NC4(CCCC4)C3=O)cc(=O)oc2c1C. The van der Waals surface area contributed by atoms with E-state index in [1.807, 2.05) is 26.0 Å². The van der Waals surface area contributed by atoms with Crippen molar-refractivity contribution in [3.05, 3.63) is 45.3 Å². The molecule has 3 amide bonds. The molecule has 1 aromatic heterocycles. The highest BCUT2D eigenvalue weighted by molar-refractivity contribution is 6.08. The minimum atomic E-state index is -0.860. The van der Waals surface area contributed by atoms with Crippen molar-refractivity contribution < 1.29 is 23.5 Å². The number of carbonyl (C=O) groups is 3. The van der Waals surface area contributed by atoms with Crippen LogP contribution in [0.25, 0.3) is 11.0 Å². The second-order valence-corrected chi connectivity index (χ2v) is 7.75. The van der Waals surface area contributed by atoms with Crippen molar-refractivity contribution in [1.82, 2.24) is 10.2 Å². The summed E-state index contributed by atoms with van der Waals surface area (Å²) >= 11 is 0. The molecule has 8 nitrogen and oxygen atoms in total. The molecule has 1 spiro atoms. The summed E-state index contributed by atoms with van der Waals surface area (Å²) in [4.78, 5) is 49.9. The molecule has 1 N–H and O–H groups in total. The van der Waals surface area contributed by atoms with E-state index in [9.17, 15) is 19.2 Å². The summed E-state index contributed by atoms with van der Waals surface area (Å²) in [5, 5.41) is 3.41. The number of benzene rings is 1. The quantitative estimate of drug-likeness (QED) is 0.481. The lowest BCUT2D eigenvalue weighted by Gasteiger charge is -2.19. The maximum Gasteiger partial charge on any atom is 0.336 e. The highest BCUT2D eigenvalue weighted by Gasteiger charge is 2.52. The monoisotopic (exact) mass is 398 g/mol. The predicted octanol–water partition coefficient (Wildman–Crippen LogP) is 2.32. The van der Waals surface area contributed by atoms with Gasteiger partial charge in [-0.25, -0.2) is 9.59 Å². The zero-order chi connectivity index (χ0) is 20.8. The van der Waals surface area contributed by atoms with Crippen LogP contribution in [0.2, 0.25) is 0 Å². The number of imide groups is 1. The van der Waals surface area contributed by atoms with Crippen LogP contribution >= 0.6 is 0 Å². The molecule has 0 radical (unpaired) electrons. The average Bonchev–Trinajstić information content (AvgIpc) is 3.24. The lowest BCUT2D eigenvalue weighted by Crippen LogP contribution is -2.44. The van der Waals surface area contributed by atoms with Crippen molar-refractivity contribution in [3.63, 3.8) is 0 Å². The first-order valence-electron chi connectivity index (χ1n) is 9.63. The van der Waals surface area contributed by atoms with E-state index in [0.717, 1.165) is 28.9 Å². The topological polar surface area (TPSA) is 106 Å². The number of ether oxygens (including phenoxy) is 1. The van der Waals surface area contributed by atoms with E-state index in [0.29, 0.717) is 29.4 Å². The molecule has 1 aliphatic heterocycles. The minimum absolute atomic E-state index is 0.155. The zero-order valence-electron chi connectivity index (χ0n) is 16.4. The zero-order valence-corrected chi connectivity index (χ0v) is 16.4. The molecule has 2 fully saturated rings. The van der Waals surface area contributed by atoms with Crippen LogP contribution in [-0.2, 0) is 20.9 Å². The van der Waals surface area contributed by atoms with Gasteiger partial charge in [0.1, 0.15) is 24.3 Å². The van der Waals surface area contributed by atoms with Gasteiger partial charge in [0.15, 0.2) is 0 Å². The average molecular weight is 398 g/mol. The highest BCUT2D eigenvalue weighted by Crippen LogP contribution is 2.35. The summed E-state index contributed by atoms with van der Waals surface area (Å²) < 4.78 is 10.6. The Bertz CT molecular complexity index is 1080. The van der Waals surface area contributed by atoms with Gasteiger partial charge in [0.2, 0.25) is 0 Å². The Morgan fingerprint density at radius 2 is 1.93 bits per heavy atom. The fourth-order valence-electron chi connectivity index (χ4n) is 4.11.